The van der Waals surface area contributed by atoms with Gasteiger partial charge in [0.15, 0.2) is 11.6 Å². The lowest BCUT2D eigenvalue weighted by Crippen LogP contribution is -2.44. The summed E-state index contributed by atoms with van der Waals surface area (Å²) >= 11 is 6.21. The van der Waals surface area contributed by atoms with Crippen molar-refractivity contribution in [1.82, 2.24) is 0 Å². The quantitative estimate of drug-likeness (QED) is 0.456. The van der Waals surface area contributed by atoms with Gasteiger partial charge in [-0.1, -0.05) is 51.4 Å². The zero-order valence-electron chi connectivity index (χ0n) is 21.1. The highest BCUT2D eigenvalue weighted by molar-refractivity contribution is 6.30. The number of methoxy groups -OCH3 is 1. The fourth-order valence-electron chi connectivity index (χ4n) is 6.00. The summed E-state index contributed by atoms with van der Waals surface area (Å²) in [6, 6.07) is 15.5. The van der Waals surface area contributed by atoms with Crippen molar-refractivity contribution < 1.29 is 14.3 Å². The van der Waals surface area contributed by atoms with Crippen LogP contribution in [0.5, 0.6) is 5.75 Å². The Morgan fingerprint density at radius 1 is 0.771 bits per heavy atom. The van der Waals surface area contributed by atoms with Gasteiger partial charge in [-0.25, -0.2) is 0 Å². The SMILES string of the molecule is COc1ccc(N2C3=C(C(=O)CC(C)(C)C3)C(c3ccc(Cl)cc3)C3=C2CC(C)(C)CC3=O)cc1. The first kappa shape index (κ1) is 23.9. The average molecular weight is 490 g/mol. The molecule has 182 valence electrons. The molecule has 1 heterocycles. The van der Waals surface area contributed by atoms with Crippen molar-refractivity contribution in [3.63, 3.8) is 0 Å². The molecule has 5 heteroatoms. The minimum Gasteiger partial charge on any atom is -0.497 e. The highest BCUT2D eigenvalue weighted by atomic mass is 35.5. The number of carbonyl (C=O) groups is 2. The van der Waals surface area contributed by atoms with Gasteiger partial charge in [-0.3, -0.25) is 9.59 Å². The standard InChI is InChI=1S/C30H32ClNO3/c1-29(2)14-22-27(24(33)16-29)26(18-6-8-19(31)9-7-18)28-23(15-30(3,4)17-25(28)34)32(22)20-10-12-21(35-5)13-11-20/h6-13,26H,14-17H2,1-5H3. The number of anilines is 1. The van der Waals surface area contributed by atoms with E-state index < -0.39 is 0 Å². The lowest BCUT2D eigenvalue weighted by molar-refractivity contribution is -0.119. The van der Waals surface area contributed by atoms with E-state index in [0.717, 1.165) is 52.4 Å². The van der Waals surface area contributed by atoms with E-state index in [2.05, 4.69) is 32.6 Å². The van der Waals surface area contributed by atoms with Crippen molar-refractivity contribution in [2.24, 2.45) is 10.8 Å². The maximum Gasteiger partial charge on any atom is 0.162 e. The first-order chi connectivity index (χ1) is 16.5. The Morgan fingerprint density at radius 2 is 1.26 bits per heavy atom. The van der Waals surface area contributed by atoms with Crippen molar-refractivity contribution in [2.75, 3.05) is 12.0 Å². The van der Waals surface area contributed by atoms with Crippen molar-refractivity contribution in [1.29, 1.82) is 0 Å². The fraction of sp³-hybridized carbons (Fsp3) is 0.400. The molecule has 0 saturated carbocycles. The van der Waals surface area contributed by atoms with Gasteiger partial charge < -0.3 is 9.64 Å². The van der Waals surface area contributed by atoms with Crippen LogP contribution in [0.2, 0.25) is 5.02 Å². The molecular formula is C30H32ClNO3. The number of hydrogen-bond donors (Lipinski definition) is 0. The lowest BCUT2D eigenvalue weighted by Gasteiger charge is -2.49. The third-order valence-corrected chi connectivity index (χ3v) is 7.70. The normalized spacial score (nSPS) is 21.7. The second kappa shape index (κ2) is 8.37. The van der Waals surface area contributed by atoms with Gasteiger partial charge in [0, 0.05) is 52.0 Å². The van der Waals surface area contributed by atoms with E-state index >= 15 is 0 Å². The number of Topliss-reactive ketones (excluding diaryl/α,β-unsaturated/α-hetero) is 2. The van der Waals surface area contributed by atoms with Crippen molar-refractivity contribution in [3.8, 4) is 5.75 Å². The summed E-state index contributed by atoms with van der Waals surface area (Å²) in [5, 5.41) is 0.639. The summed E-state index contributed by atoms with van der Waals surface area (Å²) < 4.78 is 5.39. The van der Waals surface area contributed by atoms with Crippen LogP contribution in [0.1, 0.15) is 64.9 Å². The minimum absolute atomic E-state index is 0.124. The number of ketones is 2. The van der Waals surface area contributed by atoms with Gasteiger partial charge in [0.2, 0.25) is 0 Å². The summed E-state index contributed by atoms with van der Waals surface area (Å²) in [6.45, 7) is 8.60. The van der Waals surface area contributed by atoms with E-state index in [9.17, 15) is 9.59 Å². The molecule has 0 unspecified atom stereocenters. The lowest BCUT2D eigenvalue weighted by atomic mass is 9.63. The number of nitrogens with zero attached hydrogens (tertiary/aromatic N) is 1. The maximum absolute atomic E-state index is 13.8. The van der Waals surface area contributed by atoms with E-state index in [0.29, 0.717) is 17.9 Å². The summed E-state index contributed by atoms with van der Waals surface area (Å²) in [6.07, 6.45) is 2.45. The molecular weight excluding hydrogens is 458 g/mol. The molecule has 2 aromatic rings. The third kappa shape index (κ3) is 4.23. The minimum atomic E-state index is -0.362. The molecule has 0 fully saturated rings. The molecule has 0 bridgehead atoms. The van der Waals surface area contributed by atoms with Crippen LogP contribution in [0.15, 0.2) is 71.1 Å². The van der Waals surface area contributed by atoms with Crippen LogP contribution in [0, 0.1) is 10.8 Å². The molecule has 4 nitrogen and oxygen atoms in total. The van der Waals surface area contributed by atoms with Crippen LogP contribution in [0.25, 0.3) is 0 Å². The Bertz CT molecular complexity index is 1210. The molecule has 0 amide bonds. The Labute approximate surface area is 212 Å². The van der Waals surface area contributed by atoms with E-state index in [-0.39, 0.29) is 28.3 Å². The molecule has 0 N–H and O–H groups in total. The molecule has 5 rings (SSSR count). The van der Waals surface area contributed by atoms with Crippen LogP contribution >= 0.6 is 11.6 Å². The summed E-state index contributed by atoms with van der Waals surface area (Å²) in [5.41, 5.74) is 5.11. The molecule has 0 spiro atoms. The number of benzene rings is 2. The van der Waals surface area contributed by atoms with E-state index in [1.807, 2.05) is 48.5 Å². The second-order valence-corrected chi connectivity index (χ2v) is 12.1. The predicted octanol–water partition coefficient (Wildman–Crippen LogP) is 7.24. The zero-order chi connectivity index (χ0) is 25.1. The fourth-order valence-corrected chi connectivity index (χ4v) is 6.12. The van der Waals surface area contributed by atoms with Gasteiger partial charge in [-0.05, 0) is 65.6 Å². The Kier molecular flexibility index (Phi) is 5.71. The molecule has 2 aromatic carbocycles. The number of ether oxygens (including phenoxy) is 1. The van der Waals surface area contributed by atoms with Crippen LogP contribution in [0.3, 0.4) is 0 Å². The van der Waals surface area contributed by atoms with Crippen molar-refractivity contribution >= 4 is 28.9 Å². The van der Waals surface area contributed by atoms with E-state index in [4.69, 9.17) is 16.3 Å². The Hall–Kier alpha value is -2.85. The molecule has 0 aromatic heterocycles. The monoisotopic (exact) mass is 489 g/mol. The van der Waals surface area contributed by atoms with Crippen LogP contribution < -0.4 is 9.64 Å². The van der Waals surface area contributed by atoms with Gasteiger partial charge in [-0.2, -0.15) is 0 Å². The zero-order valence-corrected chi connectivity index (χ0v) is 21.8. The number of allylic oxidation sites excluding steroid dienone is 4. The topological polar surface area (TPSA) is 46.6 Å². The molecule has 0 atom stereocenters. The van der Waals surface area contributed by atoms with Crippen molar-refractivity contribution in [2.45, 2.75) is 59.3 Å². The van der Waals surface area contributed by atoms with E-state index in [1.54, 1.807) is 7.11 Å². The Balaban J connectivity index is 1.80. The van der Waals surface area contributed by atoms with Crippen molar-refractivity contribution in [3.05, 3.63) is 81.7 Å². The largest absolute Gasteiger partial charge is 0.497 e. The van der Waals surface area contributed by atoms with Gasteiger partial charge in [0.1, 0.15) is 5.75 Å². The van der Waals surface area contributed by atoms with Crippen LogP contribution in [-0.4, -0.2) is 18.7 Å². The van der Waals surface area contributed by atoms with Crippen LogP contribution in [-0.2, 0) is 9.59 Å². The molecule has 3 aliphatic rings. The Morgan fingerprint density at radius 3 is 1.71 bits per heavy atom. The number of halogens is 1. The van der Waals surface area contributed by atoms with Gasteiger partial charge in [0.25, 0.3) is 0 Å². The summed E-state index contributed by atoms with van der Waals surface area (Å²) in [7, 11) is 1.65. The molecule has 0 radical (unpaired) electrons. The first-order valence-electron chi connectivity index (χ1n) is 12.2. The molecule has 2 aliphatic carbocycles. The van der Waals surface area contributed by atoms with Gasteiger partial charge >= 0.3 is 0 Å². The van der Waals surface area contributed by atoms with E-state index in [1.165, 1.54) is 0 Å². The average Bonchev–Trinajstić information content (AvgIpc) is 2.77. The number of carbonyl (C=O) groups excluding carboxylic acids is 2. The van der Waals surface area contributed by atoms with Gasteiger partial charge in [-0.15, -0.1) is 0 Å². The predicted molar refractivity (Wildman–Crippen MR) is 140 cm³/mol. The first-order valence-corrected chi connectivity index (χ1v) is 12.6. The third-order valence-electron chi connectivity index (χ3n) is 7.44. The summed E-state index contributed by atoms with van der Waals surface area (Å²) in [5.74, 6) is 0.657. The summed E-state index contributed by atoms with van der Waals surface area (Å²) in [4.78, 5) is 29.8. The maximum atomic E-state index is 13.8. The molecule has 35 heavy (non-hydrogen) atoms. The van der Waals surface area contributed by atoms with Gasteiger partial charge in [0.05, 0.1) is 7.11 Å². The number of rotatable bonds is 3. The highest BCUT2D eigenvalue weighted by Crippen LogP contribution is 2.55. The second-order valence-electron chi connectivity index (χ2n) is 11.6. The van der Waals surface area contributed by atoms with Crippen LogP contribution in [0.4, 0.5) is 5.69 Å². The molecule has 0 saturated heterocycles. The highest BCUT2D eigenvalue weighted by Gasteiger charge is 2.49. The smallest absolute Gasteiger partial charge is 0.162 e. The number of hydrogen-bond acceptors (Lipinski definition) is 4. The molecule has 1 aliphatic heterocycles.